The van der Waals surface area contributed by atoms with Gasteiger partial charge >= 0.3 is 0 Å². The molecule has 2 N–H and O–H groups in total. The number of nitrogens with zero attached hydrogens (tertiary/aromatic N) is 1. The fourth-order valence-corrected chi connectivity index (χ4v) is 3.22. The van der Waals surface area contributed by atoms with E-state index in [0.717, 1.165) is 47.5 Å². The Bertz CT molecular complexity index is 626. The number of carbonyl (C=O) groups excluding carboxylic acids is 1. The molecule has 1 aromatic rings. The standard InChI is InChI=1S/C19H29N3O2.C2H6/c1-6-8-14(7-2)20-19-13(4)15(9-10-16(19)24-5)18-12(3)11-17(23)21-22-18;1-2/h9-10,12,14,20H,6-8,11H2,1-5H3,(H,21,23);1-2H3. The summed E-state index contributed by atoms with van der Waals surface area (Å²) >= 11 is 0. The number of methoxy groups -OCH3 is 1. The lowest BCUT2D eigenvalue weighted by Gasteiger charge is -2.25. The first-order valence-electron chi connectivity index (χ1n) is 9.82. The topological polar surface area (TPSA) is 62.7 Å². The molecule has 0 aliphatic carbocycles. The van der Waals surface area contributed by atoms with Crippen molar-refractivity contribution in [3.05, 3.63) is 23.3 Å². The fraction of sp³-hybridized carbons (Fsp3) is 0.619. The summed E-state index contributed by atoms with van der Waals surface area (Å²) < 4.78 is 5.56. The lowest BCUT2D eigenvalue weighted by molar-refractivity contribution is -0.121. The van der Waals surface area contributed by atoms with Crippen LogP contribution in [0.2, 0.25) is 0 Å². The van der Waals surface area contributed by atoms with Crippen molar-refractivity contribution in [1.29, 1.82) is 0 Å². The molecule has 5 heteroatoms. The third kappa shape index (κ3) is 5.23. The predicted octanol–water partition coefficient (Wildman–Crippen LogP) is 4.88. The Morgan fingerprint density at radius 2 is 2.04 bits per heavy atom. The highest BCUT2D eigenvalue weighted by molar-refractivity contribution is 6.07. The van der Waals surface area contributed by atoms with Gasteiger partial charge in [-0.2, -0.15) is 5.10 Å². The molecule has 26 heavy (non-hydrogen) atoms. The van der Waals surface area contributed by atoms with Crippen LogP contribution in [0.15, 0.2) is 17.2 Å². The maximum absolute atomic E-state index is 11.5. The quantitative estimate of drug-likeness (QED) is 0.727. The molecule has 1 heterocycles. The minimum Gasteiger partial charge on any atom is -0.495 e. The van der Waals surface area contributed by atoms with Gasteiger partial charge in [0.25, 0.3) is 0 Å². The summed E-state index contributed by atoms with van der Waals surface area (Å²) in [5.41, 5.74) is 6.75. The van der Waals surface area contributed by atoms with Crippen LogP contribution in [0.4, 0.5) is 5.69 Å². The van der Waals surface area contributed by atoms with E-state index in [1.807, 2.05) is 32.9 Å². The van der Waals surface area contributed by atoms with Gasteiger partial charge in [-0.05, 0) is 37.5 Å². The zero-order valence-corrected chi connectivity index (χ0v) is 17.4. The van der Waals surface area contributed by atoms with E-state index in [4.69, 9.17) is 4.74 Å². The predicted molar refractivity (Wildman–Crippen MR) is 110 cm³/mol. The lowest BCUT2D eigenvalue weighted by atomic mass is 9.90. The minimum atomic E-state index is -0.0234. The third-order valence-corrected chi connectivity index (χ3v) is 4.66. The average molecular weight is 362 g/mol. The summed E-state index contributed by atoms with van der Waals surface area (Å²) in [7, 11) is 1.70. The summed E-state index contributed by atoms with van der Waals surface area (Å²) in [5.74, 6) is 0.931. The Balaban J connectivity index is 0.00000163. The van der Waals surface area contributed by atoms with E-state index in [-0.39, 0.29) is 11.8 Å². The Morgan fingerprint density at radius 3 is 2.58 bits per heavy atom. The maximum Gasteiger partial charge on any atom is 0.240 e. The Hall–Kier alpha value is -2.04. The van der Waals surface area contributed by atoms with Gasteiger partial charge < -0.3 is 10.1 Å². The number of anilines is 1. The highest BCUT2D eigenvalue weighted by Crippen LogP contribution is 2.34. The van der Waals surface area contributed by atoms with Crippen LogP contribution < -0.4 is 15.5 Å². The second-order valence-electron chi connectivity index (χ2n) is 6.49. The molecule has 0 aromatic heterocycles. The highest BCUT2D eigenvalue weighted by atomic mass is 16.5. The second-order valence-corrected chi connectivity index (χ2v) is 6.49. The zero-order valence-electron chi connectivity index (χ0n) is 17.4. The number of carbonyl (C=O) groups is 1. The highest BCUT2D eigenvalue weighted by Gasteiger charge is 2.25. The molecule has 0 radical (unpaired) electrons. The number of nitrogens with one attached hydrogen (secondary N) is 2. The first-order valence-corrected chi connectivity index (χ1v) is 9.82. The van der Waals surface area contributed by atoms with Crippen LogP contribution in [0.25, 0.3) is 0 Å². The van der Waals surface area contributed by atoms with Crippen molar-refractivity contribution in [2.75, 3.05) is 12.4 Å². The van der Waals surface area contributed by atoms with E-state index in [2.05, 4.69) is 36.6 Å². The van der Waals surface area contributed by atoms with Gasteiger partial charge in [-0.25, -0.2) is 5.43 Å². The van der Waals surface area contributed by atoms with Gasteiger partial charge in [-0.3, -0.25) is 4.79 Å². The Labute approximate surface area is 158 Å². The lowest BCUT2D eigenvalue weighted by Crippen LogP contribution is -2.32. The molecular weight excluding hydrogens is 326 g/mol. The number of hydrazone groups is 1. The summed E-state index contributed by atoms with van der Waals surface area (Å²) in [5, 5.41) is 7.96. The van der Waals surface area contributed by atoms with Crippen LogP contribution in [-0.4, -0.2) is 24.8 Å². The number of rotatable bonds is 7. The summed E-state index contributed by atoms with van der Waals surface area (Å²) in [6.45, 7) is 12.5. The molecule has 1 aliphatic heterocycles. The van der Waals surface area contributed by atoms with Crippen molar-refractivity contribution in [2.45, 2.75) is 73.3 Å². The van der Waals surface area contributed by atoms with Gasteiger partial charge in [0, 0.05) is 23.9 Å². The third-order valence-electron chi connectivity index (χ3n) is 4.66. The first-order chi connectivity index (χ1) is 12.5. The van der Waals surface area contributed by atoms with Crippen molar-refractivity contribution in [3.63, 3.8) is 0 Å². The molecular formula is C21H35N3O2. The van der Waals surface area contributed by atoms with Gasteiger partial charge in [0.2, 0.25) is 5.91 Å². The maximum atomic E-state index is 11.5. The van der Waals surface area contributed by atoms with Crippen molar-refractivity contribution < 1.29 is 9.53 Å². The summed E-state index contributed by atoms with van der Waals surface area (Å²) in [6.07, 6.45) is 3.80. The van der Waals surface area contributed by atoms with Crippen LogP contribution >= 0.6 is 0 Å². The Morgan fingerprint density at radius 1 is 1.35 bits per heavy atom. The van der Waals surface area contributed by atoms with Gasteiger partial charge in [-0.1, -0.05) is 41.0 Å². The van der Waals surface area contributed by atoms with Gasteiger partial charge in [0.1, 0.15) is 5.75 Å². The number of hydrogen-bond donors (Lipinski definition) is 2. The largest absolute Gasteiger partial charge is 0.495 e. The molecule has 2 unspecified atom stereocenters. The van der Waals surface area contributed by atoms with E-state index < -0.39 is 0 Å². The number of amides is 1. The molecule has 146 valence electrons. The zero-order chi connectivity index (χ0) is 19.7. The summed E-state index contributed by atoms with van der Waals surface area (Å²) in [4.78, 5) is 11.5. The number of benzene rings is 1. The van der Waals surface area contributed by atoms with Crippen LogP contribution in [0.3, 0.4) is 0 Å². The van der Waals surface area contributed by atoms with E-state index >= 15 is 0 Å². The van der Waals surface area contributed by atoms with E-state index in [1.54, 1.807) is 7.11 Å². The van der Waals surface area contributed by atoms with E-state index in [1.165, 1.54) is 0 Å². The molecule has 0 spiro atoms. The Kier molecular flexibility index (Phi) is 9.17. The smallest absolute Gasteiger partial charge is 0.240 e. The van der Waals surface area contributed by atoms with Crippen molar-refractivity contribution in [2.24, 2.45) is 11.0 Å². The SMILES string of the molecule is CC.CCCC(CC)Nc1c(OC)ccc(C2=NNC(=O)CC2C)c1C. The van der Waals surface area contributed by atoms with Crippen LogP contribution in [0.5, 0.6) is 5.75 Å². The summed E-state index contributed by atoms with van der Waals surface area (Å²) in [6, 6.07) is 4.44. The van der Waals surface area contributed by atoms with Gasteiger partial charge in [-0.15, -0.1) is 0 Å². The molecule has 0 fully saturated rings. The molecule has 1 aliphatic rings. The van der Waals surface area contributed by atoms with Gasteiger partial charge in [0.15, 0.2) is 0 Å². The number of hydrogen-bond acceptors (Lipinski definition) is 4. The number of ether oxygens (including phenoxy) is 1. The molecule has 2 rings (SSSR count). The average Bonchev–Trinajstić information content (AvgIpc) is 2.65. The second kappa shape index (κ2) is 10.8. The van der Waals surface area contributed by atoms with Crippen LogP contribution in [0.1, 0.15) is 71.4 Å². The van der Waals surface area contributed by atoms with Crippen molar-refractivity contribution >= 4 is 17.3 Å². The van der Waals surface area contributed by atoms with E-state index in [0.29, 0.717) is 12.5 Å². The van der Waals surface area contributed by atoms with Crippen LogP contribution in [0, 0.1) is 12.8 Å². The molecule has 1 amide bonds. The van der Waals surface area contributed by atoms with Crippen molar-refractivity contribution in [1.82, 2.24) is 5.43 Å². The minimum absolute atomic E-state index is 0.0234. The molecule has 0 saturated carbocycles. The van der Waals surface area contributed by atoms with E-state index in [9.17, 15) is 4.79 Å². The monoisotopic (exact) mass is 361 g/mol. The molecule has 5 nitrogen and oxygen atoms in total. The normalized spacial score (nSPS) is 17.4. The first kappa shape index (κ1) is 22.0. The molecule has 0 saturated heterocycles. The molecule has 0 bridgehead atoms. The van der Waals surface area contributed by atoms with Crippen LogP contribution in [-0.2, 0) is 4.79 Å². The van der Waals surface area contributed by atoms with Gasteiger partial charge in [0.05, 0.1) is 18.5 Å². The molecule has 2 atom stereocenters. The van der Waals surface area contributed by atoms with Crippen molar-refractivity contribution in [3.8, 4) is 5.75 Å². The molecule has 1 aromatic carbocycles. The fourth-order valence-electron chi connectivity index (χ4n) is 3.22.